The lowest BCUT2D eigenvalue weighted by molar-refractivity contribution is -0.286. The van der Waals surface area contributed by atoms with Crippen LogP contribution < -0.4 is 14.8 Å². The number of halogens is 2. The molecule has 0 amide bonds. The number of alkyl halides is 2. The summed E-state index contributed by atoms with van der Waals surface area (Å²) in [6.07, 6.45) is 2.45. The Balaban J connectivity index is 1.77. The minimum atomic E-state index is -3.54. The molecule has 0 aliphatic carbocycles. The van der Waals surface area contributed by atoms with Crippen molar-refractivity contribution in [2.75, 3.05) is 11.9 Å². The Morgan fingerprint density at radius 1 is 1.05 bits per heavy atom. The van der Waals surface area contributed by atoms with Gasteiger partial charge in [-0.1, -0.05) is 32.6 Å². The monoisotopic (exact) mass is 271 g/mol. The van der Waals surface area contributed by atoms with E-state index in [4.69, 9.17) is 0 Å². The third kappa shape index (κ3) is 3.98. The van der Waals surface area contributed by atoms with E-state index in [1.165, 1.54) is 31.7 Å². The summed E-state index contributed by atoms with van der Waals surface area (Å²) in [6, 6.07) is 4.76. The van der Waals surface area contributed by atoms with Gasteiger partial charge in [0.2, 0.25) is 0 Å². The van der Waals surface area contributed by atoms with E-state index in [1.54, 1.807) is 12.1 Å². The molecule has 1 heterocycles. The van der Waals surface area contributed by atoms with Gasteiger partial charge < -0.3 is 14.8 Å². The van der Waals surface area contributed by atoms with E-state index < -0.39 is 6.29 Å². The van der Waals surface area contributed by atoms with Crippen molar-refractivity contribution in [1.82, 2.24) is 0 Å². The highest BCUT2D eigenvalue weighted by molar-refractivity contribution is 5.55. The first kappa shape index (κ1) is 13.9. The molecule has 106 valence electrons. The lowest BCUT2D eigenvalue weighted by Gasteiger charge is -2.06. The Labute approximate surface area is 111 Å². The molecule has 0 bridgehead atoms. The van der Waals surface area contributed by atoms with Gasteiger partial charge in [-0.3, -0.25) is 0 Å². The van der Waals surface area contributed by atoms with Crippen LogP contribution in [0.5, 0.6) is 11.5 Å². The number of benzene rings is 1. The van der Waals surface area contributed by atoms with Crippen LogP contribution in [0.4, 0.5) is 14.5 Å². The number of rotatable bonds is 7. The highest BCUT2D eigenvalue weighted by Gasteiger charge is 2.43. The van der Waals surface area contributed by atoms with Gasteiger partial charge in [-0.2, -0.15) is 0 Å². The molecule has 0 unspecified atom stereocenters. The minimum absolute atomic E-state index is 0.0819. The second-order valence-electron chi connectivity index (χ2n) is 4.67. The summed E-state index contributed by atoms with van der Waals surface area (Å²) >= 11 is 0. The van der Waals surface area contributed by atoms with E-state index in [-0.39, 0.29) is 11.5 Å². The summed E-state index contributed by atoms with van der Waals surface area (Å²) in [6.45, 7) is 3.01. The Morgan fingerprint density at radius 3 is 2.58 bits per heavy atom. The normalized spacial score (nSPS) is 15.5. The number of hydrogen-bond acceptors (Lipinski definition) is 3. The molecule has 5 heteroatoms. The van der Waals surface area contributed by atoms with Crippen molar-refractivity contribution in [1.29, 1.82) is 0 Å². The standard InChI is InChI=1S/C14H19F2NO2/c1-2-3-4-5-6-9-17-11-7-8-12-13(10-11)19-14(15,16)18-12/h7-8,10,17H,2-6,9H2,1H3. The summed E-state index contributed by atoms with van der Waals surface area (Å²) in [5.74, 6) is 0.166. The molecule has 1 aliphatic heterocycles. The third-order valence-electron chi connectivity index (χ3n) is 3.01. The maximum atomic E-state index is 12.8. The van der Waals surface area contributed by atoms with Crippen molar-refractivity contribution in [3.8, 4) is 11.5 Å². The largest absolute Gasteiger partial charge is 0.586 e. The van der Waals surface area contributed by atoms with E-state index in [1.807, 2.05) is 0 Å². The van der Waals surface area contributed by atoms with Crippen molar-refractivity contribution >= 4 is 5.69 Å². The molecular weight excluding hydrogens is 252 g/mol. The first-order chi connectivity index (χ1) is 9.11. The van der Waals surface area contributed by atoms with Crippen molar-refractivity contribution in [2.45, 2.75) is 45.3 Å². The second-order valence-corrected chi connectivity index (χ2v) is 4.67. The average Bonchev–Trinajstić information content (AvgIpc) is 2.66. The van der Waals surface area contributed by atoms with Crippen LogP contribution in [0.15, 0.2) is 18.2 Å². The van der Waals surface area contributed by atoms with Gasteiger partial charge in [-0.15, -0.1) is 8.78 Å². The molecule has 1 aliphatic rings. The van der Waals surface area contributed by atoms with Gasteiger partial charge in [0.25, 0.3) is 0 Å². The number of nitrogens with one attached hydrogen (secondary N) is 1. The fraction of sp³-hybridized carbons (Fsp3) is 0.571. The SMILES string of the molecule is CCCCCCCNc1ccc2c(c1)OC(F)(F)O2. The van der Waals surface area contributed by atoms with Crippen LogP contribution in [0.3, 0.4) is 0 Å². The molecular formula is C14H19F2NO2. The molecule has 3 nitrogen and oxygen atoms in total. The van der Waals surface area contributed by atoms with Gasteiger partial charge in [-0.25, -0.2) is 0 Å². The van der Waals surface area contributed by atoms with Crippen LogP contribution in [0.1, 0.15) is 39.0 Å². The number of fused-ring (bicyclic) bond motifs is 1. The highest BCUT2D eigenvalue weighted by atomic mass is 19.3. The molecule has 1 aromatic carbocycles. The van der Waals surface area contributed by atoms with Crippen molar-refractivity contribution in [3.63, 3.8) is 0 Å². The van der Waals surface area contributed by atoms with Gasteiger partial charge in [0, 0.05) is 18.3 Å². The average molecular weight is 271 g/mol. The maximum absolute atomic E-state index is 12.8. The summed E-state index contributed by atoms with van der Waals surface area (Å²) in [5, 5.41) is 3.20. The van der Waals surface area contributed by atoms with Crippen LogP contribution in [-0.2, 0) is 0 Å². The molecule has 0 spiro atoms. The molecule has 0 fully saturated rings. The smallest absolute Gasteiger partial charge is 0.395 e. The quantitative estimate of drug-likeness (QED) is 0.746. The third-order valence-corrected chi connectivity index (χ3v) is 3.01. The van der Waals surface area contributed by atoms with Crippen LogP contribution in [0.25, 0.3) is 0 Å². The zero-order valence-electron chi connectivity index (χ0n) is 11.0. The van der Waals surface area contributed by atoms with Gasteiger partial charge >= 0.3 is 6.29 Å². The fourth-order valence-corrected chi connectivity index (χ4v) is 2.02. The zero-order valence-corrected chi connectivity index (χ0v) is 11.0. The molecule has 0 saturated carbocycles. The summed E-state index contributed by atoms with van der Waals surface area (Å²) in [5.41, 5.74) is 0.774. The molecule has 0 radical (unpaired) electrons. The van der Waals surface area contributed by atoms with Crippen LogP contribution in [-0.4, -0.2) is 12.8 Å². The molecule has 0 atom stereocenters. The lowest BCUT2D eigenvalue weighted by atomic mass is 10.1. The number of ether oxygens (including phenoxy) is 2. The second kappa shape index (κ2) is 6.08. The van der Waals surface area contributed by atoms with E-state index >= 15 is 0 Å². The Kier molecular flexibility index (Phi) is 4.45. The van der Waals surface area contributed by atoms with Crippen LogP contribution >= 0.6 is 0 Å². The molecule has 2 rings (SSSR count). The van der Waals surface area contributed by atoms with Gasteiger partial charge in [-0.05, 0) is 18.6 Å². The Hall–Kier alpha value is -1.52. The number of anilines is 1. The van der Waals surface area contributed by atoms with E-state index in [2.05, 4.69) is 21.7 Å². The first-order valence-electron chi connectivity index (χ1n) is 6.74. The Bertz CT molecular complexity index is 424. The summed E-state index contributed by atoms with van der Waals surface area (Å²) < 4.78 is 34.4. The minimum Gasteiger partial charge on any atom is -0.395 e. The van der Waals surface area contributed by atoms with Gasteiger partial charge in [0.1, 0.15) is 0 Å². The molecule has 1 aromatic rings. The highest BCUT2D eigenvalue weighted by Crippen LogP contribution is 2.42. The first-order valence-corrected chi connectivity index (χ1v) is 6.74. The van der Waals surface area contributed by atoms with E-state index in [0.29, 0.717) is 0 Å². The molecule has 19 heavy (non-hydrogen) atoms. The lowest BCUT2D eigenvalue weighted by Crippen LogP contribution is -2.25. The van der Waals surface area contributed by atoms with E-state index in [0.717, 1.165) is 18.7 Å². The van der Waals surface area contributed by atoms with Gasteiger partial charge in [0.15, 0.2) is 11.5 Å². The molecule has 0 saturated heterocycles. The van der Waals surface area contributed by atoms with Crippen LogP contribution in [0, 0.1) is 0 Å². The van der Waals surface area contributed by atoms with Crippen molar-refractivity contribution in [2.24, 2.45) is 0 Å². The predicted molar refractivity (Wildman–Crippen MR) is 69.9 cm³/mol. The summed E-state index contributed by atoms with van der Waals surface area (Å²) in [4.78, 5) is 0. The van der Waals surface area contributed by atoms with Crippen molar-refractivity contribution < 1.29 is 18.3 Å². The predicted octanol–water partition coefficient (Wildman–Crippen LogP) is 4.39. The topological polar surface area (TPSA) is 30.5 Å². The number of unbranched alkanes of at least 4 members (excludes halogenated alkanes) is 4. The zero-order chi connectivity index (χ0) is 13.7. The summed E-state index contributed by atoms with van der Waals surface area (Å²) in [7, 11) is 0. The van der Waals surface area contributed by atoms with Crippen molar-refractivity contribution in [3.05, 3.63) is 18.2 Å². The molecule has 0 aromatic heterocycles. The number of hydrogen-bond donors (Lipinski definition) is 1. The Morgan fingerprint density at radius 2 is 1.79 bits per heavy atom. The van der Waals surface area contributed by atoms with Gasteiger partial charge in [0.05, 0.1) is 0 Å². The molecule has 1 N–H and O–H groups in total. The fourth-order valence-electron chi connectivity index (χ4n) is 2.02. The maximum Gasteiger partial charge on any atom is 0.586 e. The van der Waals surface area contributed by atoms with Crippen LogP contribution in [0.2, 0.25) is 0 Å². The van der Waals surface area contributed by atoms with E-state index in [9.17, 15) is 8.78 Å².